The fourth-order valence-electron chi connectivity index (χ4n) is 2.62. The van der Waals surface area contributed by atoms with Crippen molar-refractivity contribution in [1.82, 2.24) is 15.0 Å². The Balaban J connectivity index is 1.92. The SMILES string of the molecule is COc1cccc2c(C(=O)CCc3cccc(C)n3)nc(N)nc12. The molecule has 24 heavy (non-hydrogen) atoms. The number of benzene rings is 1. The number of carbonyl (C=O) groups is 1. The Morgan fingerprint density at radius 3 is 2.67 bits per heavy atom. The highest BCUT2D eigenvalue weighted by Gasteiger charge is 2.16. The Morgan fingerprint density at radius 1 is 1.12 bits per heavy atom. The van der Waals surface area contributed by atoms with Gasteiger partial charge in [0.1, 0.15) is 17.0 Å². The largest absolute Gasteiger partial charge is 0.494 e. The molecule has 3 aromatic rings. The molecule has 0 radical (unpaired) electrons. The standard InChI is InChI=1S/C18H18N4O2/c1-11-5-3-6-12(20-11)9-10-14(23)16-13-7-4-8-15(24-2)17(13)22-18(19)21-16/h3-8H,9-10H2,1-2H3,(H2,19,21,22). The minimum Gasteiger partial charge on any atom is -0.494 e. The van der Waals surface area contributed by atoms with Gasteiger partial charge in [-0.2, -0.15) is 0 Å². The molecule has 1 aromatic carbocycles. The number of aromatic nitrogens is 3. The van der Waals surface area contributed by atoms with E-state index in [1.807, 2.05) is 25.1 Å². The van der Waals surface area contributed by atoms with Gasteiger partial charge in [0.2, 0.25) is 5.95 Å². The number of Topliss-reactive ketones (excluding diaryl/α,β-unsaturated/α-hetero) is 1. The third-order valence-corrected chi connectivity index (χ3v) is 3.75. The molecule has 0 unspecified atom stereocenters. The van der Waals surface area contributed by atoms with E-state index in [-0.39, 0.29) is 11.7 Å². The number of hydrogen-bond donors (Lipinski definition) is 1. The molecule has 122 valence electrons. The third kappa shape index (κ3) is 3.17. The minimum atomic E-state index is -0.0920. The van der Waals surface area contributed by atoms with E-state index in [1.54, 1.807) is 25.3 Å². The average molecular weight is 322 g/mol. The summed E-state index contributed by atoms with van der Waals surface area (Å²) in [5, 5.41) is 0.644. The van der Waals surface area contributed by atoms with Crippen LogP contribution >= 0.6 is 0 Å². The van der Waals surface area contributed by atoms with E-state index in [1.165, 1.54) is 0 Å². The predicted molar refractivity (Wildman–Crippen MR) is 92.1 cm³/mol. The van der Waals surface area contributed by atoms with Crippen LogP contribution in [0, 0.1) is 6.92 Å². The Labute approximate surface area is 139 Å². The van der Waals surface area contributed by atoms with Crippen LogP contribution in [0.5, 0.6) is 5.75 Å². The summed E-state index contributed by atoms with van der Waals surface area (Å²) in [7, 11) is 1.55. The van der Waals surface area contributed by atoms with E-state index >= 15 is 0 Å². The number of ether oxygens (including phenoxy) is 1. The molecular weight excluding hydrogens is 304 g/mol. The maximum absolute atomic E-state index is 12.7. The molecule has 3 rings (SSSR count). The van der Waals surface area contributed by atoms with Crippen molar-refractivity contribution in [3.63, 3.8) is 0 Å². The molecular formula is C18H18N4O2. The number of ketones is 1. The van der Waals surface area contributed by atoms with Crippen LogP contribution < -0.4 is 10.5 Å². The zero-order chi connectivity index (χ0) is 17.1. The lowest BCUT2D eigenvalue weighted by molar-refractivity contribution is 0.0979. The molecule has 0 aliphatic heterocycles. The van der Waals surface area contributed by atoms with Crippen molar-refractivity contribution < 1.29 is 9.53 Å². The van der Waals surface area contributed by atoms with E-state index in [4.69, 9.17) is 10.5 Å². The number of rotatable bonds is 5. The van der Waals surface area contributed by atoms with Gasteiger partial charge in [-0.15, -0.1) is 0 Å². The number of fused-ring (bicyclic) bond motifs is 1. The maximum Gasteiger partial charge on any atom is 0.221 e. The minimum absolute atomic E-state index is 0.0593. The first-order chi connectivity index (χ1) is 11.6. The highest BCUT2D eigenvalue weighted by Crippen LogP contribution is 2.26. The summed E-state index contributed by atoms with van der Waals surface area (Å²) < 4.78 is 5.29. The van der Waals surface area contributed by atoms with Crippen LogP contribution in [0.1, 0.15) is 28.3 Å². The predicted octanol–water partition coefficient (Wildman–Crippen LogP) is 2.74. The molecule has 0 spiro atoms. The highest BCUT2D eigenvalue weighted by molar-refractivity contribution is 6.07. The van der Waals surface area contributed by atoms with Gasteiger partial charge in [-0.3, -0.25) is 9.78 Å². The maximum atomic E-state index is 12.7. The second-order valence-electron chi connectivity index (χ2n) is 5.48. The van der Waals surface area contributed by atoms with Crippen molar-refractivity contribution in [2.24, 2.45) is 0 Å². The van der Waals surface area contributed by atoms with Gasteiger partial charge in [-0.25, -0.2) is 9.97 Å². The molecule has 6 heteroatoms. The van der Waals surface area contributed by atoms with E-state index in [0.717, 1.165) is 11.4 Å². The second-order valence-corrected chi connectivity index (χ2v) is 5.48. The molecule has 0 fully saturated rings. The first kappa shape index (κ1) is 15.9. The van der Waals surface area contributed by atoms with Crippen LogP contribution in [-0.4, -0.2) is 27.8 Å². The normalized spacial score (nSPS) is 10.8. The Hall–Kier alpha value is -3.02. The summed E-state index contributed by atoms with van der Waals surface area (Å²) in [6, 6.07) is 11.2. The molecule has 0 aliphatic rings. The van der Waals surface area contributed by atoms with Crippen LogP contribution in [-0.2, 0) is 6.42 Å². The van der Waals surface area contributed by atoms with E-state index in [2.05, 4.69) is 15.0 Å². The summed E-state index contributed by atoms with van der Waals surface area (Å²) in [4.78, 5) is 25.4. The zero-order valence-corrected chi connectivity index (χ0v) is 13.6. The molecule has 6 nitrogen and oxygen atoms in total. The van der Waals surface area contributed by atoms with Crippen molar-refractivity contribution in [3.05, 3.63) is 53.5 Å². The molecule has 2 heterocycles. The lowest BCUT2D eigenvalue weighted by atomic mass is 10.1. The van der Waals surface area contributed by atoms with Gasteiger partial charge in [0.15, 0.2) is 5.78 Å². The number of para-hydroxylation sites is 1. The van der Waals surface area contributed by atoms with Crippen molar-refractivity contribution in [1.29, 1.82) is 0 Å². The summed E-state index contributed by atoms with van der Waals surface area (Å²) in [6.45, 7) is 1.93. The fourth-order valence-corrected chi connectivity index (χ4v) is 2.62. The molecule has 2 aromatic heterocycles. The molecule has 0 saturated heterocycles. The average Bonchev–Trinajstić information content (AvgIpc) is 2.58. The topological polar surface area (TPSA) is 91.0 Å². The van der Waals surface area contributed by atoms with Crippen molar-refractivity contribution in [2.75, 3.05) is 12.8 Å². The number of anilines is 1. The van der Waals surface area contributed by atoms with Crippen LogP contribution in [0.15, 0.2) is 36.4 Å². The van der Waals surface area contributed by atoms with Gasteiger partial charge in [0, 0.05) is 23.2 Å². The fraction of sp³-hybridized carbons (Fsp3) is 0.222. The molecule has 2 N–H and O–H groups in total. The Morgan fingerprint density at radius 2 is 1.92 bits per heavy atom. The van der Waals surface area contributed by atoms with Crippen molar-refractivity contribution in [3.8, 4) is 5.75 Å². The van der Waals surface area contributed by atoms with E-state index < -0.39 is 0 Å². The third-order valence-electron chi connectivity index (χ3n) is 3.75. The van der Waals surface area contributed by atoms with E-state index in [9.17, 15) is 4.79 Å². The number of pyridine rings is 1. The van der Waals surface area contributed by atoms with Crippen LogP contribution in [0.3, 0.4) is 0 Å². The second kappa shape index (κ2) is 6.62. The van der Waals surface area contributed by atoms with Gasteiger partial charge >= 0.3 is 0 Å². The smallest absolute Gasteiger partial charge is 0.221 e. The monoisotopic (exact) mass is 322 g/mol. The molecule has 0 atom stereocenters. The number of aryl methyl sites for hydroxylation is 2. The number of methoxy groups -OCH3 is 1. The summed E-state index contributed by atoms with van der Waals surface area (Å²) in [5.74, 6) is 0.533. The van der Waals surface area contributed by atoms with Gasteiger partial charge in [0.25, 0.3) is 0 Å². The van der Waals surface area contributed by atoms with Crippen LogP contribution in [0.2, 0.25) is 0 Å². The zero-order valence-electron chi connectivity index (χ0n) is 13.6. The highest BCUT2D eigenvalue weighted by atomic mass is 16.5. The first-order valence-electron chi connectivity index (χ1n) is 7.64. The molecule has 0 amide bonds. The number of carbonyl (C=O) groups excluding carboxylic acids is 1. The summed E-state index contributed by atoms with van der Waals surface area (Å²) in [6.07, 6.45) is 0.856. The lowest BCUT2D eigenvalue weighted by Crippen LogP contribution is -2.09. The van der Waals surface area contributed by atoms with Gasteiger partial charge in [0.05, 0.1) is 7.11 Å². The van der Waals surface area contributed by atoms with E-state index in [0.29, 0.717) is 35.2 Å². The molecule has 0 aliphatic carbocycles. The number of nitrogens with zero attached hydrogens (tertiary/aromatic N) is 3. The molecule has 0 bridgehead atoms. The molecule has 0 saturated carbocycles. The Bertz CT molecular complexity index is 909. The summed E-state index contributed by atoms with van der Waals surface area (Å²) >= 11 is 0. The number of hydrogen-bond acceptors (Lipinski definition) is 6. The van der Waals surface area contributed by atoms with Crippen LogP contribution in [0.25, 0.3) is 10.9 Å². The van der Waals surface area contributed by atoms with Crippen LogP contribution in [0.4, 0.5) is 5.95 Å². The Kier molecular flexibility index (Phi) is 4.37. The summed E-state index contributed by atoms with van der Waals surface area (Å²) in [5.41, 5.74) is 8.45. The van der Waals surface area contributed by atoms with Crippen molar-refractivity contribution >= 4 is 22.6 Å². The number of nitrogens with two attached hydrogens (primary N) is 1. The lowest BCUT2D eigenvalue weighted by Gasteiger charge is -2.09. The van der Waals surface area contributed by atoms with Gasteiger partial charge in [-0.05, 0) is 31.5 Å². The number of nitrogen functional groups attached to an aromatic ring is 1. The van der Waals surface area contributed by atoms with Crippen molar-refractivity contribution in [2.45, 2.75) is 19.8 Å². The van der Waals surface area contributed by atoms with Gasteiger partial charge < -0.3 is 10.5 Å². The first-order valence-corrected chi connectivity index (χ1v) is 7.64. The quantitative estimate of drug-likeness (QED) is 0.726. The van der Waals surface area contributed by atoms with Gasteiger partial charge in [-0.1, -0.05) is 18.2 Å².